The fourth-order valence-corrected chi connectivity index (χ4v) is 2.24. The molecule has 2 aromatic rings. The summed E-state index contributed by atoms with van der Waals surface area (Å²) >= 11 is 0. The van der Waals surface area contributed by atoms with E-state index in [1.165, 1.54) is 0 Å². The number of morpholine rings is 1. The molecule has 0 bridgehead atoms. The summed E-state index contributed by atoms with van der Waals surface area (Å²) in [6, 6.07) is 7.87. The molecule has 2 aromatic heterocycles. The van der Waals surface area contributed by atoms with Crippen LogP contribution in [0.2, 0.25) is 0 Å². The Morgan fingerprint density at radius 3 is 2.86 bits per heavy atom. The number of anilines is 2. The van der Waals surface area contributed by atoms with Gasteiger partial charge in [-0.15, -0.1) is 0 Å². The van der Waals surface area contributed by atoms with Crippen molar-refractivity contribution in [3.05, 3.63) is 36.2 Å². The molecule has 1 aliphatic rings. The maximum absolute atomic E-state index is 5.85. The van der Waals surface area contributed by atoms with Crippen molar-refractivity contribution in [2.24, 2.45) is 0 Å². The summed E-state index contributed by atoms with van der Waals surface area (Å²) in [6.45, 7) is 3.44. The molecule has 7 nitrogen and oxygen atoms in total. The Morgan fingerprint density at radius 2 is 2.09 bits per heavy atom. The van der Waals surface area contributed by atoms with Crippen LogP contribution in [0.15, 0.2) is 30.5 Å². The van der Waals surface area contributed by atoms with Crippen LogP contribution in [-0.4, -0.2) is 47.9 Å². The van der Waals surface area contributed by atoms with E-state index in [2.05, 4.69) is 19.9 Å². The molecule has 3 rings (SSSR count). The van der Waals surface area contributed by atoms with Crippen molar-refractivity contribution in [1.82, 2.24) is 15.0 Å². The first kappa shape index (κ1) is 14.5. The van der Waals surface area contributed by atoms with Crippen LogP contribution in [0.4, 0.5) is 11.6 Å². The molecule has 7 heteroatoms. The standard InChI is InChI=1S/C15H19N5O2/c16-13-11-14(20-6-9-21-10-7-20)19-15(18-13)22-8-4-12-3-1-2-5-17-12/h1-3,5,11H,4,6-10H2,(H2,16,18,19). The van der Waals surface area contributed by atoms with E-state index < -0.39 is 0 Å². The van der Waals surface area contributed by atoms with E-state index in [-0.39, 0.29) is 0 Å². The molecule has 0 amide bonds. The zero-order valence-corrected chi connectivity index (χ0v) is 12.3. The van der Waals surface area contributed by atoms with Gasteiger partial charge in [-0.05, 0) is 12.1 Å². The van der Waals surface area contributed by atoms with Crippen LogP contribution in [0, 0.1) is 0 Å². The van der Waals surface area contributed by atoms with Crippen LogP contribution in [-0.2, 0) is 11.2 Å². The normalized spacial score (nSPS) is 14.8. The highest BCUT2D eigenvalue weighted by Crippen LogP contribution is 2.18. The molecule has 0 aliphatic carbocycles. The number of rotatable bonds is 5. The topological polar surface area (TPSA) is 86.4 Å². The molecule has 0 aromatic carbocycles. The van der Waals surface area contributed by atoms with Gasteiger partial charge >= 0.3 is 6.01 Å². The van der Waals surface area contributed by atoms with Crippen molar-refractivity contribution in [3.8, 4) is 6.01 Å². The number of nitrogen functional groups attached to an aromatic ring is 1. The van der Waals surface area contributed by atoms with Crippen molar-refractivity contribution < 1.29 is 9.47 Å². The number of ether oxygens (including phenoxy) is 2. The van der Waals surface area contributed by atoms with Gasteiger partial charge in [0, 0.05) is 37.5 Å². The van der Waals surface area contributed by atoms with Crippen LogP contribution in [0.3, 0.4) is 0 Å². The molecular weight excluding hydrogens is 282 g/mol. The third-order valence-electron chi connectivity index (χ3n) is 3.36. The van der Waals surface area contributed by atoms with Gasteiger partial charge in [0.05, 0.1) is 19.8 Å². The summed E-state index contributed by atoms with van der Waals surface area (Å²) in [5.74, 6) is 1.19. The molecular formula is C15H19N5O2. The molecule has 22 heavy (non-hydrogen) atoms. The highest BCUT2D eigenvalue weighted by Gasteiger charge is 2.14. The maximum Gasteiger partial charge on any atom is 0.320 e. The predicted molar refractivity (Wildman–Crippen MR) is 82.9 cm³/mol. The second-order valence-corrected chi connectivity index (χ2v) is 4.95. The maximum atomic E-state index is 5.85. The number of nitrogens with two attached hydrogens (primary N) is 1. The van der Waals surface area contributed by atoms with Gasteiger partial charge < -0.3 is 20.1 Å². The number of nitrogens with zero attached hydrogens (tertiary/aromatic N) is 4. The molecule has 3 heterocycles. The highest BCUT2D eigenvalue weighted by atomic mass is 16.5. The van der Waals surface area contributed by atoms with Gasteiger partial charge in [0.1, 0.15) is 11.6 Å². The summed E-state index contributed by atoms with van der Waals surface area (Å²) in [7, 11) is 0. The third kappa shape index (κ3) is 3.82. The Kier molecular flexibility index (Phi) is 4.65. The third-order valence-corrected chi connectivity index (χ3v) is 3.36. The van der Waals surface area contributed by atoms with Crippen molar-refractivity contribution in [2.45, 2.75) is 6.42 Å². The van der Waals surface area contributed by atoms with E-state index >= 15 is 0 Å². The Hall–Kier alpha value is -2.41. The molecule has 0 radical (unpaired) electrons. The summed E-state index contributed by atoms with van der Waals surface area (Å²) < 4.78 is 11.0. The van der Waals surface area contributed by atoms with E-state index in [9.17, 15) is 0 Å². The van der Waals surface area contributed by atoms with Crippen molar-refractivity contribution >= 4 is 11.6 Å². The molecule has 1 saturated heterocycles. The lowest BCUT2D eigenvalue weighted by Gasteiger charge is -2.27. The zero-order valence-electron chi connectivity index (χ0n) is 12.3. The van der Waals surface area contributed by atoms with Crippen LogP contribution < -0.4 is 15.4 Å². The number of hydrogen-bond acceptors (Lipinski definition) is 7. The Balaban J connectivity index is 1.62. The predicted octanol–water partition coefficient (Wildman–Crippen LogP) is 0.912. The number of hydrogen-bond donors (Lipinski definition) is 1. The zero-order chi connectivity index (χ0) is 15.2. The average Bonchev–Trinajstić information content (AvgIpc) is 2.56. The Morgan fingerprint density at radius 1 is 1.23 bits per heavy atom. The fourth-order valence-electron chi connectivity index (χ4n) is 2.24. The van der Waals surface area contributed by atoms with Crippen molar-refractivity contribution in [3.63, 3.8) is 0 Å². The summed E-state index contributed by atoms with van der Waals surface area (Å²) in [6.07, 6.45) is 2.47. The van der Waals surface area contributed by atoms with Crippen molar-refractivity contribution in [2.75, 3.05) is 43.5 Å². The summed E-state index contributed by atoms with van der Waals surface area (Å²) in [5.41, 5.74) is 6.82. The number of aromatic nitrogens is 3. The first-order valence-corrected chi connectivity index (χ1v) is 7.31. The van der Waals surface area contributed by atoms with Gasteiger partial charge in [-0.2, -0.15) is 9.97 Å². The molecule has 0 unspecified atom stereocenters. The van der Waals surface area contributed by atoms with Gasteiger partial charge in [-0.1, -0.05) is 6.07 Å². The van der Waals surface area contributed by atoms with E-state index in [1.807, 2.05) is 18.2 Å². The lowest BCUT2D eigenvalue weighted by atomic mass is 10.3. The lowest BCUT2D eigenvalue weighted by Crippen LogP contribution is -2.36. The monoisotopic (exact) mass is 301 g/mol. The molecule has 0 atom stereocenters. The lowest BCUT2D eigenvalue weighted by molar-refractivity contribution is 0.122. The molecule has 1 fully saturated rings. The smallest absolute Gasteiger partial charge is 0.320 e. The molecule has 0 spiro atoms. The Bertz CT molecular complexity index is 602. The van der Waals surface area contributed by atoms with Gasteiger partial charge in [-0.25, -0.2) is 0 Å². The highest BCUT2D eigenvalue weighted by molar-refractivity contribution is 5.48. The fraction of sp³-hybridized carbons (Fsp3) is 0.400. The minimum Gasteiger partial charge on any atom is -0.463 e. The van der Waals surface area contributed by atoms with Crippen LogP contribution in [0.5, 0.6) is 6.01 Å². The first-order chi connectivity index (χ1) is 10.8. The van der Waals surface area contributed by atoms with Gasteiger partial charge in [0.25, 0.3) is 0 Å². The van der Waals surface area contributed by atoms with Gasteiger partial charge in [0.15, 0.2) is 0 Å². The van der Waals surface area contributed by atoms with E-state index in [4.69, 9.17) is 15.2 Å². The minimum absolute atomic E-state index is 0.303. The quantitative estimate of drug-likeness (QED) is 0.878. The second-order valence-electron chi connectivity index (χ2n) is 4.95. The molecule has 1 aliphatic heterocycles. The Labute approximate surface area is 129 Å². The van der Waals surface area contributed by atoms with E-state index in [1.54, 1.807) is 12.3 Å². The largest absolute Gasteiger partial charge is 0.463 e. The summed E-state index contributed by atoms with van der Waals surface area (Å²) in [4.78, 5) is 14.9. The van der Waals surface area contributed by atoms with Crippen LogP contribution in [0.25, 0.3) is 0 Å². The van der Waals surface area contributed by atoms with Crippen LogP contribution in [0.1, 0.15) is 5.69 Å². The first-order valence-electron chi connectivity index (χ1n) is 7.31. The van der Waals surface area contributed by atoms with E-state index in [0.717, 1.165) is 24.6 Å². The van der Waals surface area contributed by atoms with E-state index in [0.29, 0.717) is 38.1 Å². The molecule has 2 N–H and O–H groups in total. The number of pyridine rings is 1. The molecule has 116 valence electrons. The second kappa shape index (κ2) is 7.04. The summed E-state index contributed by atoms with van der Waals surface area (Å²) in [5, 5.41) is 0. The minimum atomic E-state index is 0.303. The molecule has 0 saturated carbocycles. The van der Waals surface area contributed by atoms with Gasteiger partial charge in [-0.3, -0.25) is 4.98 Å². The van der Waals surface area contributed by atoms with Crippen LogP contribution >= 0.6 is 0 Å². The SMILES string of the molecule is Nc1cc(N2CCOCC2)nc(OCCc2ccccn2)n1. The van der Waals surface area contributed by atoms with Crippen molar-refractivity contribution in [1.29, 1.82) is 0 Å². The average molecular weight is 301 g/mol. The van der Waals surface area contributed by atoms with Gasteiger partial charge in [0.2, 0.25) is 0 Å².